The Hall–Kier alpha value is -2.61. The third-order valence-electron chi connectivity index (χ3n) is 8.34. The van der Waals surface area contributed by atoms with E-state index >= 15 is 0 Å². The number of amides is 1. The second-order valence-electron chi connectivity index (χ2n) is 11.7. The molecule has 0 bridgehead atoms. The number of aromatic nitrogens is 1. The van der Waals surface area contributed by atoms with E-state index in [1.54, 1.807) is 7.11 Å². The molecule has 0 fully saturated rings. The van der Waals surface area contributed by atoms with E-state index in [1.807, 2.05) is 41.3 Å². The Kier molecular flexibility index (Phi) is 18.8. The quantitative estimate of drug-likeness (QED) is 0.0747. The van der Waals surface area contributed by atoms with Gasteiger partial charge in [0, 0.05) is 25.2 Å². The normalized spacial score (nSPS) is 10.7. The molecule has 1 aromatic heterocycles. The highest BCUT2D eigenvalue weighted by molar-refractivity contribution is 5.97. The smallest absolute Gasteiger partial charge is 0.258 e. The molecule has 5 nitrogen and oxygen atoms in total. The summed E-state index contributed by atoms with van der Waals surface area (Å²) in [7, 11) is 1.61. The largest absolute Gasteiger partial charge is 1.00 e. The molecule has 0 unspecified atom stereocenters. The molecule has 0 spiro atoms. The third-order valence-corrected chi connectivity index (χ3v) is 8.34. The first kappa shape index (κ1) is 37.6. The number of benzene rings is 2. The molecule has 0 N–H and O–H groups in total. The molecule has 242 valence electrons. The van der Waals surface area contributed by atoms with E-state index in [2.05, 4.69) is 55.9 Å². The van der Waals surface area contributed by atoms with Crippen LogP contribution in [0.2, 0.25) is 0 Å². The number of para-hydroxylation sites is 1. The summed E-state index contributed by atoms with van der Waals surface area (Å²) in [5.41, 5.74) is 3.85. The fourth-order valence-electron chi connectivity index (χ4n) is 5.53. The van der Waals surface area contributed by atoms with Gasteiger partial charge in [-0.05, 0) is 55.2 Å². The van der Waals surface area contributed by atoms with Crippen LogP contribution in [0.15, 0.2) is 67.0 Å². The molecule has 0 aliphatic heterocycles. The molecule has 3 aromatic rings. The SMILES string of the molecule is CCCCCCCCCCCCCCOc1cccc(CN(Cc2cc[n+](CC)cc2)C(=O)c2ccccc2OC)c1C.[I-]. The maximum Gasteiger partial charge on any atom is 0.258 e. The van der Waals surface area contributed by atoms with Gasteiger partial charge in [-0.3, -0.25) is 4.79 Å². The van der Waals surface area contributed by atoms with Crippen molar-refractivity contribution in [3.8, 4) is 11.5 Å². The number of aryl methyl sites for hydroxylation is 1. The first-order chi connectivity index (χ1) is 21.1. The maximum absolute atomic E-state index is 13.9. The predicted molar refractivity (Wildman–Crippen MR) is 177 cm³/mol. The van der Waals surface area contributed by atoms with Crippen LogP contribution in [0.25, 0.3) is 0 Å². The summed E-state index contributed by atoms with van der Waals surface area (Å²) < 4.78 is 13.9. The van der Waals surface area contributed by atoms with Gasteiger partial charge in [-0.15, -0.1) is 0 Å². The zero-order chi connectivity index (χ0) is 30.7. The van der Waals surface area contributed by atoms with Crippen molar-refractivity contribution >= 4 is 5.91 Å². The van der Waals surface area contributed by atoms with Crippen LogP contribution in [-0.2, 0) is 19.6 Å². The van der Waals surface area contributed by atoms with Crippen molar-refractivity contribution in [2.45, 2.75) is 117 Å². The average molecular weight is 715 g/mol. The van der Waals surface area contributed by atoms with Crippen LogP contribution in [0, 0.1) is 6.92 Å². The second-order valence-corrected chi connectivity index (χ2v) is 11.7. The lowest BCUT2D eigenvalue weighted by Crippen LogP contribution is -3.00. The molecular weight excluding hydrogens is 659 g/mol. The molecule has 1 heterocycles. The van der Waals surface area contributed by atoms with Gasteiger partial charge in [0.1, 0.15) is 18.0 Å². The summed E-state index contributed by atoms with van der Waals surface area (Å²) in [5, 5.41) is 0. The number of halogens is 1. The first-order valence-corrected chi connectivity index (χ1v) is 16.7. The molecule has 0 saturated carbocycles. The number of methoxy groups -OCH3 is 1. The standard InChI is InChI=1S/C38H55N2O3.HI/c1-5-7-8-9-10-11-12-13-14-15-16-19-29-43-36-24-20-21-34(32(36)3)31-40(30-33-25-27-39(6-2)28-26-33)38(41)35-22-17-18-23-37(35)42-4;/h17-18,20-28H,5-16,19,29-31H2,1-4H3;1H/q+1;/p-1. The lowest BCUT2D eigenvalue weighted by Gasteiger charge is -2.25. The van der Waals surface area contributed by atoms with Crippen LogP contribution in [0.1, 0.15) is 118 Å². The van der Waals surface area contributed by atoms with Crippen LogP contribution in [-0.4, -0.2) is 24.5 Å². The van der Waals surface area contributed by atoms with E-state index in [9.17, 15) is 4.79 Å². The molecule has 1 amide bonds. The van der Waals surface area contributed by atoms with Crippen molar-refractivity contribution in [3.05, 3.63) is 89.2 Å². The third kappa shape index (κ3) is 12.8. The van der Waals surface area contributed by atoms with Crippen molar-refractivity contribution in [1.82, 2.24) is 4.90 Å². The van der Waals surface area contributed by atoms with Crippen LogP contribution < -0.4 is 38.0 Å². The summed E-state index contributed by atoms with van der Waals surface area (Å²) in [6, 6.07) is 17.8. The van der Waals surface area contributed by atoms with E-state index in [0.29, 0.717) is 24.4 Å². The summed E-state index contributed by atoms with van der Waals surface area (Å²) in [6.45, 7) is 9.13. The van der Waals surface area contributed by atoms with Gasteiger partial charge in [-0.1, -0.05) is 102 Å². The van der Waals surface area contributed by atoms with E-state index < -0.39 is 0 Å². The molecule has 0 aliphatic carbocycles. The highest BCUT2D eigenvalue weighted by atomic mass is 127. The minimum absolute atomic E-state index is 0. The number of hydrogen-bond donors (Lipinski definition) is 0. The number of unbranched alkanes of at least 4 members (excludes halogenated alkanes) is 11. The highest BCUT2D eigenvalue weighted by Crippen LogP contribution is 2.26. The molecular formula is C38H55IN2O3. The van der Waals surface area contributed by atoms with Gasteiger partial charge in [0.25, 0.3) is 5.91 Å². The van der Waals surface area contributed by atoms with Crippen molar-refractivity contribution in [2.24, 2.45) is 0 Å². The minimum atomic E-state index is -0.0492. The molecule has 0 radical (unpaired) electrons. The zero-order valence-corrected chi connectivity index (χ0v) is 29.8. The van der Waals surface area contributed by atoms with Crippen molar-refractivity contribution < 1.29 is 42.8 Å². The van der Waals surface area contributed by atoms with Gasteiger partial charge in [-0.2, -0.15) is 0 Å². The Morgan fingerprint density at radius 2 is 1.32 bits per heavy atom. The van der Waals surface area contributed by atoms with Crippen LogP contribution in [0.5, 0.6) is 11.5 Å². The monoisotopic (exact) mass is 714 g/mol. The van der Waals surface area contributed by atoms with Crippen LogP contribution >= 0.6 is 0 Å². The van der Waals surface area contributed by atoms with Crippen molar-refractivity contribution in [2.75, 3.05) is 13.7 Å². The molecule has 6 heteroatoms. The lowest BCUT2D eigenvalue weighted by molar-refractivity contribution is -0.693. The van der Waals surface area contributed by atoms with Gasteiger partial charge in [-0.25, -0.2) is 4.57 Å². The van der Waals surface area contributed by atoms with Gasteiger partial charge >= 0.3 is 0 Å². The minimum Gasteiger partial charge on any atom is -1.00 e. The number of nitrogens with zero attached hydrogens (tertiary/aromatic N) is 2. The Morgan fingerprint density at radius 3 is 1.93 bits per heavy atom. The van der Waals surface area contributed by atoms with E-state index in [1.165, 1.54) is 70.6 Å². The molecule has 2 aromatic carbocycles. The topological polar surface area (TPSA) is 42.7 Å². The number of rotatable bonds is 21. The average Bonchev–Trinajstić information content (AvgIpc) is 3.04. The van der Waals surface area contributed by atoms with Crippen LogP contribution in [0.4, 0.5) is 0 Å². The number of carbonyl (C=O) groups excluding carboxylic acids is 1. The fraction of sp³-hybridized carbons (Fsp3) is 0.526. The van der Waals surface area contributed by atoms with Gasteiger partial charge < -0.3 is 38.4 Å². The van der Waals surface area contributed by atoms with Gasteiger partial charge in [0.05, 0.1) is 19.3 Å². The fourth-order valence-corrected chi connectivity index (χ4v) is 5.53. The van der Waals surface area contributed by atoms with Gasteiger partial charge in [0.15, 0.2) is 12.4 Å². The Balaban J connectivity index is 0.00000675. The molecule has 0 saturated heterocycles. The number of pyridine rings is 1. The molecule has 0 atom stereocenters. The summed E-state index contributed by atoms with van der Waals surface area (Å²) in [4.78, 5) is 15.8. The van der Waals surface area contributed by atoms with E-state index in [0.717, 1.165) is 42.0 Å². The second kappa shape index (κ2) is 22.0. The lowest BCUT2D eigenvalue weighted by atomic mass is 10.1. The Bertz CT molecular complexity index is 1210. The molecule has 44 heavy (non-hydrogen) atoms. The number of ether oxygens (including phenoxy) is 2. The summed E-state index contributed by atoms with van der Waals surface area (Å²) >= 11 is 0. The van der Waals surface area contributed by atoms with Crippen LogP contribution in [0.3, 0.4) is 0 Å². The van der Waals surface area contributed by atoms with E-state index in [4.69, 9.17) is 9.47 Å². The predicted octanol–water partition coefficient (Wildman–Crippen LogP) is 6.24. The van der Waals surface area contributed by atoms with Gasteiger partial charge in [0.2, 0.25) is 0 Å². The van der Waals surface area contributed by atoms with Crippen molar-refractivity contribution in [3.63, 3.8) is 0 Å². The number of carbonyl (C=O) groups is 1. The Labute approximate surface area is 284 Å². The number of hydrogen-bond acceptors (Lipinski definition) is 3. The first-order valence-electron chi connectivity index (χ1n) is 16.7. The highest BCUT2D eigenvalue weighted by Gasteiger charge is 2.21. The van der Waals surface area contributed by atoms with Crippen molar-refractivity contribution in [1.29, 1.82) is 0 Å². The van der Waals surface area contributed by atoms with E-state index in [-0.39, 0.29) is 29.9 Å². The zero-order valence-electron chi connectivity index (χ0n) is 27.7. The maximum atomic E-state index is 13.9. The summed E-state index contributed by atoms with van der Waals surface area (Å²) in [5.74, 6) is 1.45. The Morgan fingerprint density at radius 1 is 0.727 bits per heavy atom. The molecule has 0 aliphatic rings. The molecule has 3 rings (SSSR count). The summed E-state index contributed by atoms with van der Waals surface area (Å²) in [6.07, 6.45) is 20.1.